The van der Waals surface area contributed by atoms with Crippen LogP contribution in [0.25, 0.3) is 0 Å². The first-order chi connectivity index (χ1) is 9.74. The second kappa shape index (κ2) is 5.38. The average Bonchev–Trinajstić information content (AvgIpc) is 2.87. The molecule has 2 aromatic heterocycles. The number of nitrogens with zero attached hydrogens (tertiary/aromatic N) is 4. The topological polar surface area (TPSA) is 84.7 Å². The molecule has 7 heteroatoms. The van der Waals surface area contributed by atoms with Gasteiger partial charge < -0.3 is 10.6 Å². The lowest BCUT2D eigenvalue weighted by Crippen LogP contribution is -2.43. The molecular weight excluding hydrogens is 256 g/mol. The van der Waals surface area contributed by atoms with Crippen molar-refractivity contribution in [2.24, 2.45) is 0 Å². The van der Waals surface area contributed by atoms with Crippen LogP contribution in [0.3, 0.4) is 0 Å². The lowest BCUT2D eigenvalue weighted by atomic mass is 10.1. The molecule has 0 radical (unpaired) electrons. The van der Waals surface area contributed by atoms with E-state index in [1.165, 1.54) is 0 Å². The molecule has 0 bridgehead atoms. The zero-order chi connectivity index (χ0) is 13.9. The van der Waals surface area contributed by atoms with E-state index in [0.717, 1.165) is 18.7 Å². The summed E-state index contributed by atoms with van der Waals surface area (Å²) < 4.78 is 1.74. The van der Waals surface area contributed by atoms with Crippen molar-refractivity contribution in [3.63, 3.8) is 0 Å². The third-order valence-electron chi connectivity index (χ3n) is 3.41. The molecule has 1 fully saturated rings. The van der Waals surface area contributed by atoms with Gasteiger partial charge in [0, 0.05) is 25.5 Å². The Bertz CT molecular complexity index is 592. The largest absolute Gasteiger partial charge is 0.344 e. The van der Waals surface area contributed by atoms with Crippen LogP contribution in [0, 0.1) is 0 Å². The molecule has 0 unspecified atom stereocenters. The fourth-order valence-corrected chi connectivity index (χ4v) is 2.01. The molecule has 0 aromatic carbocycles. The summed E-state index contributed by atoms with van der Waals surface area (Å²) in [7, 11) is 0. The Balaban J connectivity index is 1.65. The molecule has 104 valence electrons. The van der Waals surface area contributed by atoms with E-state index >= 15 is 0 Å². The van der Waals surface area contributed by atoms with Gasteiger partial charge in [-0.15, -0.1) is 5.10 Å². The maximum absolute atomic E-state index is 12.1. The molecule has 3 rings (SSSR count). The molecule has 0 spiro atoms. The summed E-state index contributed by atoms with van der Waals surface area (Å²) in [6.45, 7) is 3.65. The number of carbonyl (C=O) groups is 1. The van der Waals surface area contributed by atoms with E-state index in [-0.39, 0.29) is 11.9 Å². The Morgan fingerprint density at radius 2 is 2.40 bits per heavy atom. The molecule has 0 aliphatic carbocycles. The lowest BCUT2D eigenvalue weighted by molar-refractivity contribution is 0.0934. The van der Waals surface area contributed by atoms with Crippen LogP contribution in [0.5, 0.6) is 0 Å². The number of rotatable bonds is 4. The van der Waals surface area contributed by atoms with Crippen LogP contribution in [-0.4, -0.2) is 39.0 Å². The zero-order valence-electron chi connectivity index (χ0n) is 11.2. The summed E-state index contributed by atoms with van der Waals surface area (Å²) in [6, 6.07) is 3.96. The van der Waals surface area contributed by atoms with Gasteiger partial charge in [-0.2, -0.15) is 0 Å². The number of hydrogen-bond donors (Lipinski definition) is 2. The van der Waals surface area contributed by atoms with E-state index in [4.69, 9.17) is 0 Å². The molecule has 3 heterocycles. The van der Waals surface area contributed by atoms with Gasteiger partial charge in [0.25, 0.3) is 5.91 Å². The summed E-state index contributed by atoms with van der Waals surface area (Å²) >= 11 is 0. The minimum Gasteiger partial charge on any atom is -0.344 e. The van der Waals surface area contributed by atoms with E-state index in [1.54, 1.807) is 23.3 Å². The van der Waals surface area contributed by atoms with Gasteiger partial charge >= 0.3 is 0 Å². The number of carbonyl (C=O) groups excluding carboxylic acids is 1. The van der Waals surface area contributed by atoms with Gasteiger partial charge in [0.15, 0.2) is 5.69 Å². The van der Waals surface area contributed by atoms with Crippen LogP contribution in [-0.2, 0) is 0 Å². The Kier molecular flexibility index (Phi) is 3.42. The lowest BCUT2D eigenvalue weighted by Gasteiger charge is -2.26. The van der Waals surface area contributed by atoms with Gasteiger partial charge in [0.1, 0.15) is 0 Å². The standard InChI is InChI=1S/C13H16N6O/c1-9(10-3-2-4-14-5-10)16-13(20)12-8-19(18-17-12)11-6-15-7-11/h2-5,8-9,11,15H,6-7H2,1H3,(H,16,20)/t9-/m0/s1. The second-order valence-electron chi connectivity index (χ2n) is 4.88. The zero-order valence-corrected chi connectivity index (χ0v) is 11.2. The van der Waals surface area contributed by atoms with E-state index in [9.17, 15) is 4.79 Å². The molecule has 1 atom stereocenters. The fourth-order valence-electron chi connectivity index (χ4n) is 2.01. The van der Waals surface area contributed by atoms with Gasteiger partial charge in [-0.25, -0.2) is 4.68 Å². The Morgan fingerprint density at radius 3 is 3.05 bits per heavy atom. The Morgan fingerprint density at radius 1 is 1.55 bits per heavy atom. The molecule has 7 nitrogen and oxygen atoms in total. The molecule has 0 saturated carbocycles. The van der Waals surface area contributed by atoms with Gasteiger partial charge in [-0.3, -0.25) is 9.78 Å². The molecule has 2 aromatic rings. The highest BCUT2D eigenvalue weighted by Gasteiger charge is 2.22. The van der Waals surface area contributed by atoms with Crippen molar-refractivity contribution in [1.29, 1.82) is 0 Å². The van der Waals surface area contributed by atoms with Crippen molar-refractivity contribution in [3.05, 3.63) is 42.0 Å². The van der Waals surface area contributed by atoms with E-state index in [2.05, 4.69) is 25.9 Å². The number of pyridine rings is 1. The van der Waals surface area contributed by atoms with Crippen LogP contribution >= 0.6 is 0 Å². The summed E-state index contributed by atoms with van der Waals surface area (Å²) in [5.41, 5.74) is 1.30. The quantitative estimate of drug-likeness (QED) is 0.836. The smallest absolute Gasteiger partial charge is 0.273 e. The first-order valence-electron chi connectivity index (χ1n) is 6.57. The second-order valence-corrected chi connectivity index (χ2v) is 4.88. The van der Waals surface area contributed by atoms with Crippen molar-refractivity contribution < 1.29 is 4.79 Å². The number of amides is 1. The van der Waals surface area contributed by atoms with Crippen LogP contribution in [0.15, 0.2) is 30.7 Å². The van der Waals surface area contributed by atoms with Gasteiger partial charge in [0.05, 0.1) is 18.3 Å². The minimum absolute atomic E-state index is 0.119. The van der Waals surface area contributed by atoms with Crippen LogP contribution in [0.4, 0.5) is 0 Å². The van der Waals surface area contributed by atoms with Crippen molar-refractivity contribution in [2.45, 2.75) is 19.0 Å². The summed E-state index contributed by atoms with van der Waals surface area (Å²) in [4.78, 5) is 16.1. The number of nitrogens with one attached hydrogen (secondary N) is 2. The van der Waals surface area contributed by atoms with Gasteiger partial charge in [-0.1, -0.05) is 11.3 Å². The van der Waals surface area contributed by atoms with Crippen molar-refractivity contribution in [1.82, 2.24) is 30.6 Å². The molecule has 20 heavy (non-hydrogen) atoms. The fraction of sp³-hybridized carbons (Fsp3) is 0.385. The van der Waals surface area contributed by atoms with E-state index in [1.807, 2.05) is 19.1 Å². The normalized spacial score (nSPS) is 16.4. The van der Waals surface area contributed by atoms with Crippen molar-refractivity contribution >= 4 is 5.91 Å². The van der Waals surface area contributed by atoms with Crippen LogP contribution in [0.1, 0.15) is 35.1 Å². The average molecular weight is 272 g/mol. The molecule has 1 amide bonds. The molecule has 1 saturated heterocycles. The summed E-state index contributed by atoms with van der Waals surface area (Å²) in [5, 5.41) is 14.0. The highest BCUT2D eigenvalue weighted by atomic mass is 16.2. The monoisotopic (exact) mass is 272 g/mol. The molecule has 2 N–H and O–H groups in total. The Labute approximate surface area is 116 Å². The maximum atomic E-state index is 12.1. The maximum Gasteiger partial charge on any atom is 0.273 e. The molecule has 1 aliphatic rings. The summed E-state index contributed by atoms with van der Waals surface area (Å²) in [6.07, 6.45) is 5.13. The molecular formula is C13H16N6O. The predicted octanol–water partition coefficient (Wildman–Crippen LogP) is 0.308. The highest BCUT2D eigenvalue weighted by Crippen LogP contribution is 2.12. The predicted molar refractivity (Wildman–Crippen MR) is 72.0 cm³/mol. The van der Waals surface area contributed by atoms with E-state index in [0.29, 0.717) is 11.7 Å². The highest BCUT2D eigenvalue weighted by molar-refractivity contribution is 5.92. The Hall–Kier alpha value is -2.28. The number of hydrogen-bond acceptors (Lipinski definition) is 5. The minimum atomic E-state index is -0.222. The third-order valence-corrected chi connectivity index (χ3v) is 3.41. The first-order valence-corrected chi connectivity index (χ1v) is 6.57. The SMILES string of the molecule is C[C@H](NC(=O)c1cn(C2CNC2)nn1)c1cccnc1. The molecule has 1 aliphatic heterocycles. The van der Waals surface area contributed by atoms with Crippen LogP contribution in [0.2, 0.25) is 0 Å². The van der Waals surface area contributed by atoms with Gasteiger partial charge in [-0.05, 0) is 18.6 Å². The van der Waals surface area contributed by atoms with Crippen LogP contribution < -0.4 is 10.6 Å². The van der Waals surface area contributed by atoms with Crippen molar-refractivity contribution in [2.75, 3.05) is 13.1 Å². The first kappa shape index (κ1) is 12.7. The summed E-state index contributed by atoms with van der Waals surface area (Å²) in [5.74, 6) is -0.222. The van der Waals surface area contributed by atoms with Gasteiger partial charge in [0.2, 0.25) is 0 Å². The third kappa shape index (κ3) is 2.53. The van der Waals surface area contributed by atoms with Crippen molar-refractivity contribution in [3.8, 4) is 0 Å². The number of aromatic nitrogens is 4. The van der Waals surface area contributed by atoms with E-state index < -0.39 is 0 Å².